The molecule has 1 atom stereocenters. The Balaban J connectivity index is 1.66. The van der Waals surface area contributed by atoms with E-state index < -0.39 is 6.04 Å². The van der Waals surface area contributed by atoms with Crippen molar-refractivity contribution in [3.8, 4) is 0 Å². The molecular weight excluding hydrogens is 328 g/mol. The lowest BCUT2D eigenvalue weighted by Crippen LogP contribution is -2.47. The molecular formula is C21H20N2O3. The van der Waals surface area contributed by atoms with E-state index in [0.29, 0.717) is 11.3 Å². The lowest BCUT2D eigenvalue weighted by molar-refractivity contribution is -0.122. The average Bonchev–Trinajstić information content (AvgIpc) is 3.42. The highest BCUT2D eigenvalue weighted by atomic mass is 16.2. The predicted octanol–water partition coefficient (Wildman–Crippen LogP) is 2.93. The lowest BCUT2D eigenvalue weighted by Gasteiger charge is -2.28. The van der Waals surface area contributed by atoms with Gasteiger partial charge >= 0.3 is 0 Å². The predicted molar refractivity (Wildman–Crippen MR) is 97.7 cm³/mol. The number of carbonyl (C=O) groups is 3. The monoisotopic (exact) mass is 348 g/mol. The van der Waals surface area contributed by atoms with Gasteiger partial charge in [0.1, 0.15) is 6.04 Å². The molecule has 1 heterocycles. The van der Waals surface area contributed by atoms with E-state index in [-0.39, 0.29) is 30.2 Å². The zero-order chi connectivity index (χ0) is 18.3. The lowest BCUT2D eigenvalue weighted by atomic mass is 10.1. The van der Waals surface area contributed by atoms with Crippen molar-refractivity contribution in [2.45, 2.75) is 38.3 Å². The fourth-order valence-electron chi connectivity index (χ4n) is 3.55. The summed E-state index contributed by atoms with van der Waals surface area (Å²) in [4.78, 5) is 41.6. The summed E-state index contributed by atoms with van der Waals surface area (Å²) >= 11 is 0. The molecule has 1 aliphatic carbocycles. The first-order valence-electron chi connectivity index (χ1n) is 8.88. The van der Waals surface area contributed by atoms with E-state index >= 15 is 0 Å². The summed E-state index contributed by atoms with van der Waals surface area (Å²) in [5, 5.41) is 0. The number of para-hydroxylation sites is 1. The van der Waals surface area contributed by atoms with Gasteiger partial charge in [0.25, 0.3) is 11.8 Å². The standard InChI is InChI=1S/C21H20N2O3/c1-14-7-5-6-10-17(14)20(25)22(16-11-12-16)18-13-19(24)23(21(18)26)15-8-3-2-4-9-15/h2-10,16,18H,11-13H2,1H3. The number of rotatable bonds is 4. The Morgan fingerprint density at radius 1 is 1.00 bits per heavy atom. The number of imide groups is 1. The average molecular weight is 348 g/mol. The minimum Gasteiger partial charge on any atom is -0.323 e. The first-order chi connectivity index (χ1) is 12.6. The number of carbonyl (C=O) groups excluding carboxylic acids is 3. The summed E-state index contributed by atoms with van der Waals surface area (Å²) in [5.74, 6) is -0.726. The molecule has 1 aliphatic heterocycles. The largest absolute Gasteiger partial charge is 0.323 e. The quantitative estimate of drug-likeness (QED) is 0.798. The number of amides is 3. The number of anilines is 1. The Kier molecular flexibility index (Phi) is 4.07. The van der Waals surface area contributed by atoms with E-state index in [2.05, 4.69) is 0 Å². The van der Waals surface area contributed by atoms with E-state index in [9.17, 15) is 14.4 Å². The SMILES string of the molecule is Cc1ccccc1C(=O)N(C1CC1)C1CC(=O)N(c2ccccc2)C1=O. The number of hydrogen-bond acceptors (Lipinski definition) is 3. The van der Waals surface area contributed by atoms with Gasteiger partial charge < -0.3 is 4.90 Å². The molecule has 3 amide bonds. The Labute approximate surface area is 152 Å². The van der Waals surface area contributed by atoms with Gasteiger partial charge in [-0.05, 0) is 43.5 Å². The summed E-state index contributed by atoms with van der Waals surface area (Å²) in [7, 11) is 0. The topological polar surface area (TPSA) is 57.7 Å². The Bertz CT molecular complexity index is 874. The second-order valence-corrected chi connectivity index (χ2v) is 6.88. The van der Waals surface area contributed by atoms with Crippen LogP contribution < -0.4 is 4.90 Å². The van der Waals surface area contributed by atoms with E-state index in [1.807, 2.05) is 31.2 Å². The van der Waals surface area contributed by atoms with Gasteiger partial charge in [-0.3, -0.25) is 14.4 Å². The van der Waals surface area contributed by atoms with Crippen molar-refractivity contribution in [1.29, 1.82) is 0 Å². The third-order valence-electron chi connectivity index (χ3n) is 5.02. The van der Waals surface area contributed by atoms with Crippen LogP contribution in [-0.4, -0.2) is 34.7 Å². The minimum atomic E-state index is -0.720. The van der Waals surface area contributed by atoms with Gasteiger partial charge in [-0.2, -0.15) is 0 Å². The number of hydrogen-bond donors (Lipinski definition) is 0. The third-order valence-corrected chi connectivity index (χ3v) is 5.02. The van der Waals surface area contributed by atoms with Crippen molar-refractivity contribution in [2.75, 3.05) is 4.90 Å². The molecule has 1 saturated carbocycles. The summed E-state index contributed by atoms with van der Waals surface area (Å²) in [6, 6.07) is 15.6. The van der Waals surface area contributed by atoms with Gasteiger partial charge in [-0.1, -0.05) is 36.4 Å². The summed E-state index contributed by atoms with van der Waals surface area (Å²) in [5.41, 5.74) is 2.03. The first-order valence-corrected chi connectivity index (χ1v) is 8.88. The van der Waals surface area contributed by atoms with Crippen molar-refractivity contribution in [2.24, 2.45) is 0 Å². The first kappa shape index (κ1) is 16.5. The molecule has 1 unspecified atom stereocenters. The maximum absolute atomic E-state index is 13.2. The van der Waals surface area contributed by atoms with Gasteiger partial charge in [0.15, 0.2) is 0 Å². The molecule has 0 bridgehead atoms. The smallest absolute Gasteiger partial charge is 0.257 e. The summed E-state index contributed by atoms with van der Waals surface area (Å²) < 4.78 is 0. The van der Waals surface area contributed by atoms with Crippen molar-refractivity contribution in [3.05, 3.63) is 65.7 Å². The Morgan fingerprint density at radius 3 is 2.31 bits per heavy atom. The second kappa shape index (κ2) is 6.41. The molecule has 2 aromatic rings. The van der Waals surface area contributed by atoms with Crippen LogP contribution in [-0.2, 0) is 9.59 Å². The summed E-state index contributed by atoms with van der Waals surface area (Å²) in [6.45, 7) is 1.89. The van der Waals surface area contributed by atoms with Crippen LogP contribution in [0.1, 0.15) is 35.2 Å². The van der Waals surface area contributed by atoms with Crippen molar-refractivity contribution in [3.63, 3.8) is 0 Å². The molecule has 0 spiro atoms. The fraction of sp³-hybridized carbons (Fsp3) is 0.286. The fourth-order valence-corrected chi connectivity index (χ4v) is 3.55. The number of benzene rings is 2. The van der Waals surface area contributed by atoms with Crippen LogP contribution in [0.3, 0.4) is 0 Å². The van der Waals surface area contributed by atoms with Crippen LogP contribution in [0.15, 0.2) is 54.6 Å². The molecule has 4 rings (SSSR count). The normalized spacial score (nSPS) is 19.7. The molecule has 1 saturated heterocycles. The van der Waals surface area contributed by atoms with Crippen LogP contribution in [0.25, 0.3) is 0 Å². The second-order valence-electron chi connectivity index (χ2n) is 6.88. The van der Waals surface area contributed by atoms with Crippen LogP contribution in [0.2, 0.25) is 0 Å². The minimum absolute atomic E-state index is 0.0413. The van der Waals surface area contributed by atoms with Gasteiger partial charge in [-0.15, -0.1) is 0 Å². The van der Waals surface area contributed by atoms with Crippen LogP contribution in [0.4, 0.5) is 5.69 Å². The number of aryl methyl sites for hydroxylation is 1. The van der Waals surface area contributed by atoms with Crippen molar-refractivity contribution < 1.29 is 14.4 Å². The van der Waals surface area contributed by atoms with Crippen LogP contribution in [0, 0.1) is 6.92 Å². The Morgan fingerprint density at radius 2 is 1.65 bits per heavy atom. The van der Waals surface area contributed by atoms with E-state index in [0.717, 1.165) is 18.4 Å². The molecule has 2 aliphatic rings. The van der Waals surface area contributed by atoms with Gasteiger partial charge in [0, 0.05) is 11.6 Å². The van der Waals surface area contributed by atoms with Gasteiger partial charge in [0.2, 0.25) is 5.91 Å². The Hall–Kier alpha value is -2.95. The maximum Gasteiger partial charge on any atom is 0.257 e. The molecule has 0 radical (unpaired) electrons. The summed E-state index contributed by atoms with van der Waals surface area (Å²) in [6.07, 6.45) is 1.80. The van der Waals surface area contributed by atoms with Gasteiger partial charge in [0.05, 0.1) is 12.1 Å². The highest BCUT2D eigenvalue weighted by molar-refractivity contribution is 6.23. The third kappa shape index (κ3) is 2.79. The molecule has 5 heteroatoms. The molecule has 0 N–H and O–H groups in total. The molecule has 26 heavy (non-hydrogen) atoms. The van der Waals surface area contributed by atoms with E-state index in [1.54, 1.807) is 35.2 Å². The molecule has 0 aromatic heterocycles. The molecule has 5 nitrogen and oxygen atoms in total. The van der Waals surface area contributed by atoms with Crippen molar-refractivity contribution >= 4 is 23.4 Å². The highest BCUT2D eigenvalue weighted by Gasteiger charge is 2.48. The van der Waals surface area contributed by atoms with Crippen LogP contribution in [0.5, 0.6) is 0 Å². The van der Waals surface area contributed by atoms with Gasteiger partial charge in [-0.25, -0.2) is 4.90 Å². The molecule has 2 aromatic carbocycles. The van der Waals surface area contributed by atoms with Crippen molar-refractivity contribution in [1.82, 2.24) is 4.90 Å². The van der Waals surface area contributed by atoms with Crippen LogP contribution >= 0.6 is 0 Å². The maximum atomic E-state index is 13.2. The van der Waals surface area contributed by atoms with E-state index in [1.165, 1.54) is 4.90 Å². The molecule has 2 fully saturated rings. The highest BCUT2D eigenvalue weighted by Crippen LogP contribution is 2.35. The zero-order valence-electron chi connectivity index (χ0n) is 14.6. The zero-order valence-corrected chi connectivity index (χ0v) is 14.6. The van der Waals surface area contributed by atoms with E-state index in [4.69, 9.17) is 0 Å². The molecule has 132 valence electrons. The number of nitrogens with zero attached hydrogens (tertiary/aromatic N) is 2.